The van der Waals surface area contributed by atoms with E-state index in [1.165, 1.54) is 44.1 Å². The summed E-state index contributed by atoms with van der Waals surface area (Å²) in [6, 6.07) is 0. The lowest BCUT2D eigenvalue weighted by Gasteiger charge is -2.43. The van der Waals surface area contributed by atoms with Crippen molar-refractivity contribution in [2.75, 3.05) is 13.6 Å². The fourth-order valence-electron chi connectivity index (χ4n) is 4.62. The van der Waals surface area contributed by atoms with Crippen molar-refractivity contribution in [2.24, 2.45) is 17.8 Å². The van der Waals surface area contributed by atoms with E-state index in [9.17, 15) is 0 Å². The lowest BCUT2D eigenvalue weighted by atomic mass is 9.79. The van der Waals surface area contributed by atoms with Crippen molar-refractivity contribution in [3.8, 4) is 0 Å². The third kappa shape index (κ3) is 3.93. The van der Waals surface area contributed by atoms with Crippen molar-refractivity contribution in [2.45, 2.75) is 64.8 Å². The number of allylic oxidation sites excluding steroid dienone is 3. The number of rotatable bonds is 7. The van der Waals surface area contributed by atoms with Gasteiger partial charge in [-0.25, -0.2) is 0 Å². The van der Waals surface area contributed by atoms with E-state index in [1.807, 2.05) is 6.08 Å². The Labute approximate surface area is 138 Å². The highest BCUT2D eigenvalue weighted by molar-refractivity contribution is 5.24. The molecule has 2 saturated carbocycles. The van der Waals surface area contributed by atoms with Crippen molar-refractivity contribution >= 4 is 0 Å². The molecule has 0 saturated heterocycles. The molecular weight excluding hydrogens is 266 g/mol. The Morgan fingerprint density at radius 3 is 2.59 bits per heavy atom. The quantitative estimate of drug-likeness (QED) is 0.553. The van der Waals surface area contributed by atoms with Crippen LogP contribution in [0.1, 0.15) is 59.3 Å². The van der Waals surface area contributed by atoms with Crippen LogP contribution < -0.4 is 0 Å². The second-order valence-electron chi connectivity index (χ2n) is 7.59. The summed E-state index contributed by atoms with van der Waals surface area (Å²) in [5, 5.41) is 0. The summed E-state index contributed by atoms with van der Waals surface area (Å²) in [6.07, 6.45) is 16.9. The van der Waals surface area contributed by atoms with Crippen molar-refractivity contribution in [1.29, 1.82) is 0 Å². The average molecular weight is 302 g/mol. The predicted molar refractivity (Wildman–Crippen MR) is 98.0 cm³/mol. The lowest BCUT2D eigenvalue weighted by Crippen LogP contribution is -2.48. The second-order valence-corrected chi connectivity index (χ2v) is 7.59. The molecule has 0 aromatic rings. The molecule has 2 aliphatic carbocycles. The summed E-state index contributed by atoms with van der Waals surface area (Å²) >= 11 is 0. The Hall–Kier alpha value is -0.820. The zero-order valence-corrected chi connectivity index (χ0v) is 15.1. The first-order valence-electron chi connectivity index (χ1n) is 9.24. The van der Waals surface area contributed by atoms with E-state index in [1.54, 1.807) is 0 Å². The highest BCUT2D eigenvalue weighted by atomic mass is 15.2. The smallest absolute Gasteiger partial charge is 0.0236 e. The fraction of sp³-hybridized carbons (Fsp3) is 0.714. The van der Waals surface area contributed by atoms with Gasteiger partial charge in [0, 0.05) is 12.1 Å². The van der Waals surface area contributed by atoms with E-state index in [-0.39, 0.29) is 0 Å². The molecule has 2 fully saturated rings. The van der Waals surface area contributed by atoms with Gasteiger partial charge in [0.2, 0.25) is 0 Å². The molecule has 2 rings (SSSR count). The first-order chi connectivity index (χ1) is 10.6. The molecule has 0 N–H and O–H groups in total. The Morgan fingerprint density at radius 1 is 1.23 bits per heavy atom. The van der Waals surface area contributed by atoms with Crippen molar-refractivity contribution in [3.05, 3.63) is 36.5 Å². The van der Waals surface area contributed by atoms with Gasteiger partial charge in [0.1, 0.15) is 0 Å². The largest absolute Gasteiger partial charge is 0.296 e. The molecule has 2 aliphatic rings. The SMILES string of the molecule is C=C/C=C(\C=C/C)CN(C)C1(CC)CC(CC)CC2CC2C1. The summed E-state index contributed by atoms with van der Waals surface area (Å²) in [4.78, 5) is 2.66. The third-order valence-corrected chi connectivity index (χ3v) is 6.19. The molecule has 22 heavy (non-hydrogen) atoms. The average Bonchev–Trinajstić information content (AvgIpc) is 3.23. The topological polar surface area (TPSA) is 3.24 Å². The Kier molecular flexibility index (Phi) is 6.09. The number of hydrogen-bond donors (Lipinski definition) is 0. The first kappa shape index (κ1) is 17.5. The molecule has 0 radical (unpaired) electrons. The van der Waals surface area contributed by atoms with Gasteiger partial charge in [-0.15, -0.1) is 0 Å². The fourth-order valence-corrected chi connectivity index (χ4v) is 4.62. The normalized spacial score (nSPS) is 35.5. The predicted octanol–water partition coefficient (Wildman–Crippen LogP) is 5.60. The molecular formula is C21H35N. The summed E-state index contributed by atoms with van der Waals surface area (Å²) < 4.78 is 0. The van der Waals surface area contributed by atoms with E-state index < -0.39 is 0 Å². The molecule has 0 aromatic heterocycles. The van der Waals surface area contributed by atoms with Crippen LogP contribution in [0.4, 0.5) is 0 Å². The zero-order chi connectivity index (χ0) is 16.2. The highest BCUT2D eigenvalue weighted by Crippen LogP contribution is 2.55. The minimum atomic E-state index is 0.401. The van der Waals surface area contributed by atoms with E-state index in [0.29, 0.717) is 5.54 Å². The van der Waals surface area contributed by atoms with Crippen LogP contribution in [0.5, 0.6) is 0 Å². The van der Waals surface area contributed by atoms with Crippen LogP contribution >= 0.6 is 0 Å². The molecule has 0 aliphatic heterocycles. The van der Waals surface area contributed by atoms with Gasteiger partial charge >= 0.3 is 0 Å². The van der Waals surface area contributed by atoms with Crippen LogP contribution in [0.3, 0.4) is 0 Å². The van der Waals surface area contributed by atoms with Crippen LogP contribution in [0, 0.1) is 17.8 Å². The number of fused-ring (bicyclic) bond motifs is 1. The van der Waals surface area contributed by atoms with Gasteiger partial charge in [-0.1, -0.05) is 51.2 Å². The van der Waals surface area contributed by atoms with Crippen LogP contribution in [-0.2, 0) is 0 Å². The molecule has 0 spiro atoms. The summed E-state index contributed by atoms with van der Waals surface area (Å²) in [6.45, 7) is 11.8. The molecule has 0 amide bonds. The zero-order valence-electron chi connectivity index (χ0n) is 15.1. The molecule has 4 atom stereocenters. The van der Waals surface area contributed by atoms with Gasteiger partial charge in [-0.2, -0.15) is 0 Å². The van der Waals surface area contributed by atoms with Crippen molar-refractivity contribution < 1.29 is 0 Å². The number of likely N-dealkylation sites (N-methyl/N-ethyl adjacent to an activating group) is 1. The first-order valence-corrected chi connectivity index (χ1v) is 9.24. The van der Waals surface area contributed by atoms with E-state index in [2.05, 4.69) is 57.5 Å². The van der Waals surface area contributed by atoms with Gasteiger partial charge in [0.05, 0.1) is 0 Å². The Balaban J connectivity index is 2.16. The minimum absolute atomic E-state index is 0.401. The van der Waals surface area contributed by atoms with Gasteiger partial charge in [-0.3, -0.25) is 4.90 Å². The van der Waals surface area contributed by atoms with Crippen LogP contribution in [0.25, 0.3) is 0 Å². The van der Waals surface area contributed by atoms with Gasteiger partial charge < -0.3 is 0 Å². The van der Waals surface area contributed by atoms with Crippen molar-refractivity contribution in [1.82, 2.24) is 4.90 Å². The number of nitrogens with zero attached hydrogens (tertiary/aromatic N) is 1. The van der Waals surface area contributed by atoms with E-state index in [4.69, 9.17) is 0 Å². The maximum atomic E-state index is 3.87. The Bertz CT molecular complexity index is 433. The monoisotopic (exact) mass is 301 g/mol. The van der Waals surface area contributed by atoms with Crippen molar-refractivity contribution in [3.63, 3.8) is 0 Å². The third-order valence-electron chi connectivity index (χ3n) is 6.19. The standard InChI is InChI=1S/C21H35N/c1-6-10-18(11-7-2)16-22(5)21(9-4)14-17(8-3)12-19-13-20(19)15-21/h6-7,10-11,17,19-20H,1,8-9,12-16H2,2-5H3/b11-7-,18-10+. The molecule has 4 unspecified atom stereocenters. The molecule has 0 bridgehead atoms. The maximum absolute atomic E-state index is 3.87. The molecule has 1 heteroatoms. The second kappa shape index (κ2) is 7.64. The maximum Gasteiger partial charge on any atom is 0.0236 e. The summed E-state index contributed by atoms with van der Waals surface area (Å²) in [5.41, 5.74) is 1.77. The minimum Gasteiger partial charge on any atom is -0.296 e. The van der Waals surface area contributed by atoms with Gasteiger partial charge in [-0.05, 0) is 69.4 Å². The molecule has 124 valence electrons. The van der Waals surface area contributed by atoms with Crippen LogP contribution in [0.15, 0.2) is 36.5 Å². The van der Waals surface area contributed by atoms with Gasteiger partial charge in [0.15, 0.2) is 0 Å². The molecule has 0 heterocycles. The van der Waals surface area contributed by atoms with Gasteiger partial charge in [0.25, 0.3) is 0 Å². The highest BCUT2D eigenvalue weighted by Gasteiger charge is 2.49. The molecule has 0 aromatic carbocycles. The van der Waals surface area contributed by atoms with E-state index in [0.717, 1.165) is 24.3 Å². The molecule has 1 nitrogen and oxygen atoms in total. The Morgan fingerprint density at radius 2 is 2.00 bits per heavy atom. The van der Waals surface area contributed by atoms with Crippen LogP contribution in [-0.4, -0.2) is 24.0 Å². The summed E-state index contributed by atoms with van der Waals surface area (Å²) in [7, 11) is 2.35. The van der Waals surface area contributed by atoms with E-state index >= 15 is 0 Å². The number of hydrogen-bond acceptors (Lipinski definition) is 1. The summed E-state index contributed by atoms with van der Waals surface area (Å²) in [5.74, 6) is 2.98. The van der Waals surface area contributed by atoms with Crippen LogP contribution in [0.2, 0.25) is 0 Å². The lowest BCUT2D eigenvalue weighted by molar-refractivity contribution is 0.0830.